The molecule has 1 aromatic carbocycles. The zero-order valence-corrected chi connectivity index (χ0v) is 11.3. The summed E-state index contributed by atoms with van der Waals surface area (Å²) in [6.07, 6.45) is 0. The zero-order chi connectivity index (χ0) is 13.6. The Balaban J connectivity index is 2.41. The van der Waals surface area contributed by atoms with Crippen LogP contribution >= 0.6 is 22.9 Å². The molecule has 2 heterocycles. The Morgan fingerprint density at radius 1 is 1.11 bits per heavy atom. The molecule has 19 heavy (non-hydrogen) atoms. The molecule has 0 aliphatic rings. The molecular weight excluding hydrogens is 290 g/mol. The summed E-state index contributed by atoms with van der Waals surface area (Å²) in [6, 6.07) is 4.09. The van der Waals surface area contributed by atoms with Crippen LogP contribution in [-0.4, -0.2) is 10.2 Å². The molecule has 3 aromatic rings. The Labute approximate surface area is 116 Å². The highest BCUT2D eigenvalue weighted by molar-refractivity contribution is 7.13. The minimum absolute atomic E-state index is 0.0619. The van der Waals surface area contributed by atoms with Gasteiger partial charge in [0.15, 0.2) is 16.8 Å². The van der Waals surface area contributed by atoms with Crippen LogP contribution in [-0.2, 0) is 0 Å². The molecule has 0 spiro atoms. The Morgan fingerprint density at radius 2 is 1.79 bits per heavy atom. The van der Waals surface area contributed by atoms with Crippen molar-refractivity contribution in [3.63, 3.8) is 0 Å². The van der Waals surface area contributed by atoms with E-state index < -0.39 is 11.6 Å². The van der Waals surface area contributed by atoms with Crippen molar-refractivity contribution in [1.29, 1.82) is 0 Å². The largest absolute Gasteiger partial charge is 0.204 e. The van der Waals surface area contributed by atoms with E-state index in [0.29, 0.717) is 16.5 Å². The molecule has 2 aromatic heterocycles. The fraction of sp³-hybridized carbons (Fsp3) is 0.0769. The number of halogens is 3. The number of hydrogen-bond donors (Lipinski definition) is 0. The van der Waals surface area contributed by atoms with Gasteiger partial charge in [-0.2, -0.15) is 0 Å². The maximum Gasteiger partial charge on any atom is 0.159 e. The van der Waals surface area contributed by atoms with Gasteiger partial charge in [0, 0.05) is 10.8 Å². The molecule has 0 amide bonds. The van der Waals surface area contributed by atoms with Gasteiger partial charge in [-0.3, -0.25) is 0 Å². The van der Waals surface area contributed by atoms with E-state index in [4.69, 9.17) is 11.6 Å². The highest BCUT2D eigenvalue weighted by atomic mass is 35.5. The van der Waals surface area contributed by atoms with Crippen molar-refractivity contribution in [3.8, 4) is 10.6 Å². The van der Waals surface area contributed by atoms with Gasteiger partial charge in [-0.1, -0.05) is 11.6 Å². The summed E-state index contributed by atoms with van der Waals surface area (Å²) < 4.78 is 26.7. The lowest BCUT2D eigenvalue weighted by molar-refractivity contribution is 0.511. The number of hydrogen-bond acceptors (Lipinski definition) is 3. The molecule has 6 heteroatoms. The van der Waals surface area contributed by atoms with Gasteiger partial charge in [-0.05, 0) is 36.1 Å². The van der Waals surface area contributed by atoms with E-state index in [1.165, 1.54) is 11.3 Å². The van der Waals surface area contributed by atoms with Gasteiger partial charge in [0.1, 0.15) is 5.69 Å². The van der Waals surface area contributed by atoms with E-state index in [-0.39, 0.29) is 5.15 Å². The third-order valence-corrected chi connectivity index (χ3v) is 4.16. The van der Waals surface area contributed by atoms with Gasteiger partial charge < -0.3 is 0 Å². The van der Waals surface area contributed by atoms with Gasteiger partial charge in [0.25, 0.3) is 0 Å². The number of aryl methyl sites for hydroxylation is 1. The average Bonchev–Trinajstić information content (AvgIpc) is 2.79. The van der Waals surface area contributed by atoms with Crippen molar-refractivity contribution in [1.82, 2.24) is 10.2 Å². The third-order valence-electron chi connectivity index (χ3n) is 2.85. The van der Waals surface area contributed by atoms with Crippen LogP contribution in [0.1, 0.15) is 5.56 Å². The summed E-state index contributed by atoms with van der Waals surface area (Å²) in [6.45, 7) is 1.92. The fourth-order valence-electron chi connectivity index (χ4n) is 1.90. The first-order chi connectivity index (χ1) is 9.08. The van der Waals surface area contributed by atoms with E-state index >= 15 is 0 Å². The second kappa shape index (κ2) is 4.51. The Morgan fingerprint density at radius 3 is 2.42 bits per heavy atom. The van der Waals surface area contributed by atoms with E-state index in [9.17, 15) is 8.78 Å². The minimum atomic E-state index is -0.948. The number of nitrogens with zero attached hydrogens (tertiary/aromatic N) is 2. The predicted molar refractivity (Wildman–Crippen MR) is 72.5 cm³/mol. The van der Waals surface area contributed by atoms with Crippen LogP contribution in [0.15, 0.2) is 23.6 Å². The Hall–Kier alpha value is -1.59. The van der Waals surface area contributed by atoms with E-state index in [1.807, 2.05) is 18.4 Å². The minimum Gasteiger partial charge on any atom is -0.204 e. The molecule has 0 atom stereocenters. The van der Waals surface area contributed by atoms with E-state index in [0.717, 1.165) is 22.6 Å². The molecule has 0 aliphatic heterocycles. The van der Waals surface area contributed by atoms with Crippen LogP contribution in [0, 0.1) is 18.6 Å². The summed E-state index contributed by atoms with van der Waals surface area (Å²) in [5.41, 5.74) is 1.53. The molecule has 0 unspecified atom stereocenters. The first kappa shape index (κ1) is 12.4. The van der Waals surface area contributed by atoms with Crippen LogP contribution in [0.2, 0.25) is 5.15 Å². The normalized spacial score (nSPS) is 11.2. The van der Waals surface area contributed by atoms with Gasteiger partial charge in [-0.25, -0.2) is 8.78 Å². The van der Waals surface area contributed by atoms with E-state index in [2.05, 4.69) is 10.2 Å². The van der Waals surface area contributed by atoms with Gasteiger partial charge >= 0.3 is 0 Å². The third kappa shape index (κ3) is 1.99. The van der Waals surface area contributed by atoms with Crippen LogP contribution < -0.4 is 0 Å². The molecule has 3 rings (SSSR count). The molecule has 0 saturated carbocycles. The van der Waals surface area contributed by atoms with Crippen LogP contribution in [0.5, 0.6) is 0 Å². The lowest BCUT2D eigenvalue weighted by Crippen LogP contribution is -1.94. The van der Waals surface area contributed by atoms with Gasteiger partial charge in [0.2, 0.25) is 0 Å². The highest BCUT2D eigenvalue weighted by Gasteiger charge is 2.15. The maximum atomic E-state index is 13.4. The Kier molecular flexibility index (Phi) is 2.95. The van der Waals surface area contributed by atoms with Crippen molar-refractivity contribution in [3.05, 3.63) is 45.9 Å². The van der Waals surface area contributed by atoms with Crippen LogP contribution in [0.3, 0.4) is 0 Å². The maximum absolute atomic E-state index is 13.4. The molecule has 0 fully saturated rings. The molecule has 0 radical (unpaired) electrons. The van der Waals surface area contributed by atoms with Crippen molar-refractivity contribution in [2.45, 2.75) is 6.92 Å². The fourth-order valence-corrected chi connectivity index (χ4v) is 3.02. The molecule has 2 nitrogen and oxygen atoms in total. The number of thiophene rings is 1. The molecule has 0 N–H and O–H groups in total. The number of aromatic nitrogens is 2. The first-order valence-electron chi connectivity index (χ1n) is 5.43. The predicted octanol–water partition coefficient (Wildman–Crippen LogP) is 4.60. The summed E-state index contributed by atoms with van der Waals surface area (Å²) in [5, 5.41) is 10.6. The smallest absolute Gasteiger partial charge is 0.159 e. The number of rotatable bonds is 1. The second-order valence-corrected chi connectivity index (χ2v) is 5.36. The van der Waals surface area contributed by atoms with Gasteiger partial charge in [0.05, 0.1) is 4.88 Å². The van der Waals surface area contributed by atoms with Gasteiger partial charge in [-0.15, -0.1) is 21.5 Å². The number of fused-ring (bicyclic) bond motifs is 1. The second-order valence-electron chi connectivity index (χ2n) is 4.08. The van der Waals surface area contributed by atoms with E-state index in [1.54, 1.807) is 0 Å². The zero-order valence-electron chi connectivity index (χ0n) is 9.75. The molecule has 0 saturated heterocycles. The molecule has 0 aliphatic carbocycles. The average molecular weight is 297 g/mol. The van der Waals surface area contributed by atoms with Crippen LogP contribution in [0.4, 0.5) is 8.78 Å². The lowest BCUT2D eigenvalue weighted by Gasteiger charge is -2.06. The lowest BCUT2D eigenvalue weighted by atomic mass is 10.1. The SMILES string of the molecule is Cc1ccsc1-c1nnc(Cl)c2cc(F)c(F)cc12. The summed E-state index contributed by atoms with van der Waals surface area (Å²) >= 11 is 7.37. The first-order valence-corrected chi connectivity index (χ1v) is 6.69. The van der Waals surface area contributed by atoms with Crippen molar-refractivity contribution in [2.24, 2.45) is 0 Å². The molecule has 96 valence electrons. The standard InChI is InChI=1S/C13H7ClF2N2S/c1-6-2-3-19-12(6)11-7-4-9(15)10(16)5-8(7)13(14)18-17-11/h2-5H,1H3. The Bertz CT molecular complexity index is 786. The summed E-state index contributed by atoms with van der Waals surface area (Å²) in [4.78, 5) is 0.875. The quantitative estimate of drug-likeness (QED) is 0.656. The summed E-state index contributed by atoms with van der Waals surface area (Å²) in [7, 11) is 0. The summed E-state index contributed by atoms with van der Waals surface area (Å²) in [5.74, 6) is -1.87. The monoisotopic (exact) mass is 296 g/mol. The molecular formula is C13H7ClF2N2S. The van der Waals surface area contributed by atoms with Crippen LogP contribution in [0.25, 0.3) is 21.3 Å². The van der Waals surface area contributed by atoms with Crippen molar-refractivity contribution >= 4 is 33.7 Å². The highest BCUT2D eigenvalue weighted by Crippen LogP contribution is 2.35. The number of benzene rings is 1. The topological polar surface area (TPSA) is 25.8 Å². The van der Waals surface area contributed by atoms with Crippen molar-refractivity contribution in [2.75, 3.05) is 0 Å². The molecule has 0 bridgehead atoms. The van der Waals surface area contributed by atoms with Crippen molar-refractivity contribution < 1.29 is 8.78 Å².